The van der Waals surface area contributed by atoms with Crippen molar-refractivity contribution in [1.29, 1.82) is 0 Å². The van der Waals surface area contributed by atoms with E-state index >= 15 is 0 Å². The van der Waals surface area contributed by atoms with Gasteiger partial charge >= 0.3 is 0 Å². The summed E-state index contributed by atoms with van der Waals surface area (Å²) in [4.78, 5) is 20.1. The number of nitrogens with zero attached hydrogens (tertiary/aromatic N) is 5. The highest BCUT2D eigenvalue weighted by atomic mass is 32.1. The highest BCUT2D eigenvalue weighted by molar-refractivity contribution is 7.15. The van der Waals surface area contributed by atoms with Crippen LogP contribution in [-0.4, -0.2) is 24.4 Å². The first-order chi connectivity index (χ1) is 15.3. The molecule has 0 saturated heterocycles. The number of rotatable bonds is 4. The van der Waals surface area contributed by atoms with E-state index in [4.69, 9.17) is 5.10 Å². The number of hydrogen-bond acceptors (Lipinski definition) is 7. The zero-order valence-corrected chi connectivity index (χ0v) is 18.3. The van der Waals surface area contributed by atoms with Crippen LogP contribution < -0.4 is 10.1 Å². The highest BCUT2D eigenvalue weighted by Crippen LogP contribution is 2.28. The van der Waals surface area contributed by atoms with Crippen molar-refractivity contribution >= 4 is 45.0 Å². The molecule has 0 amide bonds. The van der Waals surface area contributed by atoms with Gasteiger partial charge in [-0.3, -0.25) is 4.79 Å². The van der Waals surface area contributed by atoms with Crippen molar-refractivity contribution in [3.63, 3.8) is 0 Å². The fourth-order valence-electron chi connectivity index (χ4n) is 3.30. The van der Waals surface area contributed by atoms with E-state index in [2.05, 4.69) is 10.1 Å². The van der Waals surface area contributed by atoms with Gasteiger partial charge in [0.1, 0.15) is 5.69 Å². The van der Waals surface area contributed by atoms with Crippen molar-refractivity contribution in [1.82, 2.24) is 24.4 Å². The van der Waals surface area contributed by atoms with Crippen LogP contribution in [0.1, 0.15) is 5.56 Å². The van der Waals surface area contributed by atoms with Gasteiger partial charge in [-0.05, 0) is 41.1 Å². The molecule has 0 aliphatic carbocycles. The Bertz CT molecular complexity index is 1590. The van der Waals surface area contributed by atoms with Crippen LogP contribution in [0.2, 0.25) is 0 Å². The molecule has 0 N–H and O–H groups in total. The summed E-state index contributed by atoms with van der Waals surface area (Å²) < 4.78 is 3.81. The van der Waals surface area contributed by atoms with E-state index in [1.54, 1.807) is 22.7 Å². The maximum atomic E-state index is 13.0. The largest absolute Gasteiger partial charge is 0.291 e. The molecule has 0 fully saturated rings. The molecule has 1 aromatic carbocycles. The Morgan fingerprint density at radius 2 is 1.65 bits per heavy atom. The van der Waals surface area contributed by atoms with E-state index in [0.717, 1.165) is 26.7 Å². The highest BCUT2D eigenvalue weighted by Gasteiger charge is 2.15. The second-order valence-electron chi connectivity index (χ2n) is 6.71. The molecular formula is C22H13N5OS3. The Morgan fingerprint density at radius 3 is 2.35 bits per heavy atom. The molecule has 6 aromatic rings. The van der Waals surface area contributed by atoms with Crippen LogP contribution in [0.15, 0.2) is 76.3 Å². The van der Waals surface area contributed by atoms with Crippen molar-refractivity contribution in [2.75, 3.05) is 0 Å². The fraction of sp³-hybridized carbons (Fsp3) is 0. The van der Waals surface area contributed by atoms with E-state index < -0.39 is 0 Å². The van der Waals surface area contributed by atoms with Gasteiger partial charge in [-0.2, -0.15) is 14.6 Å². The molecule has 5 heterocycles. The van der Waals surface area contributed by atoms with Crippen LogP contribution in [0.3, 0.4) is 0 Å². The average Bonchev–Trinajstić information content (AvgIpc) is 3.60. The minimum Gasteiger partial charge on any atom is -0.266 e. The van der Waals surface area contributed by atoms with Crippen molar-refractivity contribution in [3.05, 3.63) is 92.0 Å². The summed E-state index contributed by atoms with van der Waals surface area (Å²) in [6, 6.07) is 17.9. The summed E-state index contributed by atoms with van der Waals surface area (Å²) >= 11 is 4.52. The van der Waals surface area contributed by atoms with Gasteiger partial charge in [0.2, 0.25) is 4.96 Å². The number of thiophene rings is 2. The Hall–Kier alpha value is -3.40. The average molecular weight is 460 g/mol. The molecule has 0 spiro atoms. The van der Waals surface area contributed by atoms with Crippen molar-refractivity contribution in [3.8, 4) is 27.0 Å². The minimum absolute atomic E-state index is 0.167. The lowest BCUT2D eigenvalue weighted by Gasteiger charge is -1.99. The second-order valence-corrected chi connectivity index (χ2v) is 9.62. The van der Waals surface area contributed by atoms with Gasteiger partial charge in [0, 0.05) is 11.8 Å². The standard InChI is InChI=1S/C22H13N5OS3/c28-21-18(31-22-23-20(25-27(21)22)17-9-5-11-30-17)12-14-13-26(15-6-2-1-3-7-15)24-19(14)16-8-4-10-29-16/h1-13H. The molecule has 0 unspecified atom stereocenters. The maximum Gasteiger partial charge on any atom is 0.291 e. The number of thiazole rings is 1. The molecule has 9 heteroatoms. The van der Waals surface area contributed by atoms with Crippen LogP contribution in [0.25, 0.3) is 38.0 Å². The topological polar surface area (TPSA) is 65.1 Å². The molecule has 5 aromatic heterocycles. The number of hydrogen-bond donors (Lipinski definition) is 0. The Balaban J connectivity index is 1.50. The zero-order chi connectivity index (χ0) is 20.8. The zero-order valence-electron chi connectivity index (χ0n) is 15.9. The lowest BCUT2D eigenvalue weighted by atomic mass is 10.2. The minimum atomic E-state index is -0.167. The summed E-state index contributed by atoms with van der Waals surface area (Å²) in [5.41, 5.74) is 2.52. The first kappa shape index (κ1) is 18.4. The Kier molecular flexibility index (Phi) is 4.37. The molecular weight excluding hydrogens is 446 g/mol. The van der Waals surface area contributed by atoms with E-state index in [1.807, 2.05) is 82.3 Å². The van der Waals surface area contributed by atoms with Crippen molar-refractivity contribution in [2.45, 2.75) is 0 Å². The molecule has 0 aliphatic rings. The molecule has 0 bridgehead atoms. The van der Waals surface area contributed by atoms with Gasteiger partial charge in [0.15, 0.2) is 5.82 Å². The number of para-hydroxylation sites is 1. The summed E-state index contributed by atoms with van der Waals surface area (Å²) in [6.45, 7) is 0. The van der Waals surface area contributed by atoms with E-state index in [0.29, 0.717) is 15.3 Å². The van der Waals surface area contributed by atoms with Crippen LogP contribution in [0.5, 0.6) is 0 Å². The van der Waals surface area contributed by atoms with Crippen LogP contribution in [-0.2, 0) is 0 Å². The molecule has 6 rings (SSSR count). The summed E-state index contributed by atoms with van der Waals surface area (Å²) in [7, 11) is 0. The van der Waals surface area contributed by atoms with Gasteiger partial charge in [0.05, 0.1) is 20.0 Å². The van der Waals surface area contributed by atoms with Crippen LogP contribution in [0, 0.1) is 0 Å². The van der Waals surface area contributed by atoms with Crippen molar-refractivity contribution in [2.24, 2.45) is 0 Å². The number of aromatic nitrogens is 5. The Labute approximate surface area is 188 Å². The SMILES string of the molecule is O=c1c(=Cc2cn(-c3ccccc3)nc2-c2cccs2)sc2nc(-c3cccs3)nn12. The molecule has 0 radical (unpaired) electrons. The molecule has 6 nitrogen and oxygen atoms in total. The lowest BCUT2D eigenvalue weighted by Crippen LogP contribution is -2.23. The normalized spacial score (nSPS) is 12.2. The Morgan fingerprint density at radius 1 is 0.871 bits per heavy atom. The smallest absolute Gasteiger partial charge is 0.266 e. The fourth-order valence-corrected chi connectivity index (χ4v) is 5.58. The molecule has 150 valence electrons. The molecule has 0 aliphatic heterocycles. The summed E-state index contributed by atoms with van der Waals surface area (Å²) in [5.74, 6) is 0.584. The van der Waals surface area contributed by atoms with Crippen molar-refractivity contribution < 1.29 is 0 Å². The predicted octanol–water partition coefficient (Wildman–Crippen LogP) is 4.34. The molecule has 0 saturated carbocycles. The number of fused-ring (bicyclic) bond motifs is 1. The lowest BCUT2D eigenvalue weighted by molar-refractivity contribution is 0.885. The predicted molar refractivity (Wildman–Crippen MR) is 126 cm³/mol. The third-order valence-corrected chi connectivity index (χ3v) is 7.43. The van der Waals surface area contributed by atoms with E-state index in [1.165, 1.54) is 15.9 Å². The van der Waals surface area contributed by atoms with E-state index in [-0.39, 0.29) is 5.56 Å². The molecule has 0 atom stereocenters. The van der Waals surface area contributed by atoms with Gasteiger partial charge in [0.25, 0.3) is 5.56 Å². The van der Waals surface area contributed by atoms with Crippen LogP contribution in [0.4, 0.5) is 0 Å². The first-order valence-electron chi connectivity index (χ1n) is 9.40. The number of benzene rings is 1. The van der Waals surface area contributed by atoms with Gasteiger partial charge in [-0.1, -0.05) is 41.7 Å². The monoisotopic (exact) mass is 459 g/mol. The van der Waals surface area contributed by atoms with Crippen LogP contribution >= 0.6 is 34.0 Å². The van der Waals surface area contributed by atoms with E-state index in [9.17, 15) is 4.79 Å². The maximum absolute atomic E-state index is 13.0. The van der Waals surface area contributed by atoms with Gasteiger partial charge in [-0.25, -0.2) is 4.68 Å². The second kappa shape index (κ2) is 7.38. The third kappa shape index (κ3) is 3.23. The summed E-state index contributed by atoms with van der Waals surface area (Å²) in [6.07, 6.45) is 3.84. The summed E-state index contributed by atoms with van der Waals surface area (Å²) in [5, 5.41) is 13.2. The van der Waals surface area contributed by atoms with Gasteiger partial charge < -0.3 is 0 Å². The van der Waals surface area contributed by atoms with Gasteiger partial charge in [-0.15, -0.1) is 27.8 Å². The molecule has 31 heavy (non-hydrogen) atoms. The third-order valence-electron chi connectivity index (χ3n) is 4.73. The quantitative estimate of drug-likeness (QED) is 0.393. The first-order valence-corrected chi connectivity index (χ1v) is 12.0.